The normalized spacial score (nSPS) is 24.2. The van der Waals surface area contributed by atoms with Crippen LogP contribution in [-0.2, 0) is 79.6 Å². The van der Waals surface area contributed by atoms with Crippen LogP contribution >= 0.6 is 23.5 Å². The molecule has 0 radical (unpaired) electrons. The smallest absolute Gasteiger partial charge is 0.865 e. The molecule has 15 N–H and O–H groups in total. The van der Waals surface area contributed by atoms with Gasteiger partial charge >= 0.3 is 100 Å². The second kappa shape index (κ2) is 57.7. The maximum Gasteiger partial charge on any atom is 1.00 e. The van der Waals surface area contributed by atoms with E-state index in [1.54, 1.807) is 33.8 Å². The van der Waals surface area contributed by atoms with Gasteiger partial charge in [0.25, 0.3) is 0 Å². The van der Waals surface area contributed by atoms with E-state index in [0.717, 1.165) is 61.3 Å². The summed E-state index contributed by atoms with van der Waals surface area (Å²) in [6, 6.07) is 0. The summed E-state index contributed by atoms with van der Waals surface area (Å²) in [5, 5.41) is 117. The minimum atomic E-state index is -4.89. The van der Waals surface area contributed by atoms with E-state index in [1.165, 1.54) is 5.57 Å². The van der Waals surface area contributed by atoms with E-state index in [9.17, 15) is 93.3 Å². The summed E-state index contributed by atoms with van der Waals surface area (Å²) in [6.45, 7) is 40.1. The zero-order valence-electron chi connectivity index (χ0n) is 83.2. The SMILES string of the molecule is C/C=C/C1=C(C)C(=O)C(OP(=O)(O)OC[C@H](O)[C@H]2OC(=O)C([O-])=C2O)CC1(C)C.CC(C)=C/C=C/C(C)=C/C=C/C=C(C)/C=C/C=C(C)/C=C/C1=C(C)C(=O)C(OP(=O)(O)OC[C@H](O)[C@H]2OC(=O)C([O-])=C2O)CC1(C)C.CC1=C(/C=C/C(C)=C/C=C/C(C)=C/C=C/C=C(C)/C=C/C=C(C)/C=C/C2=C(C)C(=O)C(O)CC2(C)C)C(C)(C)CC(O)C1=O.O=C1O[C@H]([C@@H](O)CO)C(O)=C1O.O=P(O)(O)O.[Na+].[Na+]. The average molecular weight is 2020 g/mol. The van der Waals surface area contributed by atoms with Crippen molar-refractivity contribution < 1.29 is 224 Å². The predicted molar refractivity (Wildman–Crippen MR) is 511 cm³/mol. The maximum absolute atomic E-state index is 13.1. The monoisotopic (exact) mass is 2020 g/mol. The molecule has 0 spiro atoms. The molecule has 0 saturated carbocycles. The molecule has 0 saturated heterocycles. The third-order valence-corrected chi connectivity index (χ3v) is 23.8. The van der Waals surface area contributed by atoms with Gasteiger partial charge in [-0.2, -0.15) is 0 Å². The Kier molecular flexibility index (Phi) is 53.3. The zero-order chi connectivity index (χ0) is 105. The fourth-order valence-corrected chi connectivity index (χ4v) is 16.2. The van der Waals surface area contributed by atoms with Crippen LogP contribution in [0, 0.1) is 21.7 Å². The largest absolute Gasteiger partial charge is 1.00 e. The number of hydrogen-bond donors (Lipinski definition) is 15. The first-order chi connectivity index (χ1) is 63.2. The molecule has 34 nitrogen and oxygen atoms in total. The van der Waals surface area contributed by atoms with E-state index in [2.05, 4.69) is 111 Å². The number of esters is 3. The molecule has 0 fully saturated rings. The van der Waals surface area contributed by atoms with Crippen LogP contribution in [0.4, 0.5) is 0 Å². The number of phosphoric acid groups is 3. The van der Waals surface area contributed by atoms with Crippen molar-refractivity contribution in [3.05, 3.63) is 294 Å². The number of rotatable bonds is 33. The Balaban J connectivity index is 0.000000968. The van der Waals surface area contributed by atoms with Gasteiger partial charge in [-0.1, -0.05) is 270 Å². The van der Waals surface area contributed by atoms with Gasteiger partial charge in [-0.3, -0.25) is 37.3 Å². The first-order valence-corrected chi connectivity index (χ1v) is 47.9. The van der Waals surface area contributed by atoms with E-state index < -0.39 is 179 Å². The summed E-state index contributed by atoms with van der Waals surface area (Å²) in [4.78, 5) is 125. The van der Waals surface area contributed by atoms with Crippen LogP contribution < -0.4 is 69.3 Å². The zero-order valence-corrected chi connectivity index (χ0v) is 89.9. The number of carbonyl (C=O) groups is 7. The van der Waals surface area contributed by atoms with Crippen LogP contribution in [0.2, 0.25) is 0 Å². The van der Waals surface area contributed by atoms with Gasteiger partial charge in [-0.15, -0.1) is 0 Å². The Hall–Kier alpha value is -8.52. The van der Waals surface area contributed by atoms with Gasteiger partial charge in [0, 0.05) is 11.5 Å². The van der Waals surface area contributed by atoms with Crippen molar-refractivity contribution in [2.45, 2.75) is 239 Å². The summed E-state index contributed by atoms with van der Waals surface area (Å²) in [5.41, 5.74) is 12.8. The number of ketones is 4. The van der Waals surface area contributed by atoms with Gasteiger partial charge in [-0.25, -0.2) is 28.1 Å². The Morgan fingerprint density at radius 2 is 0.647 bits per heavy atom. The third-order valence-electron chi connectivity index (χ3n) is 21.8. The standard InChI is InChI=1S/C40H52O4.C36H47O10P.C18H25O10P.C6H8O6.2Na.H3O4P/c1-27(17-13-19-29(3)21-23-33-31(5)37(43)35(41)25-39(33,7)8)15-11-12-16-28(2)18-14-20-30(4)22-24-34-32(6)38(44)36(42)26-40(34,9)10;1-23(2)13-11-16-24(3)14-9-10-15-25(4)17-12-18-26(5)19-20-28-27(6)31(38)30(21-36(28,7)8)46-47(42,43)44-22-29(37)34-32(39)33(40)35(41)45-34;1-5-6-10-9(2)13(20)12(7-18(10,3)4)28-29(24,25)26-8-11(19)16-14(21)15(22)17(23)27-16;7-1-2(8)5-3(9)4(10)6(11)12-5;;;1-5(2,3)4/h11-24,35-36,41-42H,25-26H2,1-10H3;9-20,29-30,34,37,39-40H,21-22H2,1-8H3,(H,42,43);5-6,11-12,16,19,21-22H,7-8H2,1-4H3,(H,24,25);2,5,7-10H,1H2;;;(H3,1,2,3,4)/q;;;;2*+1;/p-2/b12-11+,17-13+,18-14+,23-21+,24-22+,27-15+,28-16+,29-19+,30-20+;10-9+,16-11+,17-12+,20-19+,24-14+,25-15+,26-18+;6-5+;;;;/t;29-,30?,34+;11-,12?,16+;2-,5+;;;/m.000.../s1. The van der Waals surface area contributed by atoms with E-state index in [-0.39, 0.29) is 94.4 Å². The summed E-state index contributed by atoms with van der Waals surface area (Å²) in [7, 11) is -14.3. The quantitative estimate of drug-likeness (QED) is 0.00987. The average Bonchev–Trinajstić information content (AvgIpc) is 1.09. The van der Waals surface area contributed by atoms with Crippen molar-refractivity contribution in [2.24, 2.45) is 21.7 Å². The molecule has 3 heterocycles. The number of phosphoric ester groups is 2. The van der Waals surface area contributed by atoms with Gasteiger partial charge in [0.2, 0.25) is 5.76 Å². The van der Waals surface area contributed by atoms with Crippen LogP contribution in [0.15, 0.2) is 294 Å². The molecule has 7 aliphatic rings. The summed E-state index contributed by atoms with van der Waals surface area (Å²) in [5.74, 6) is -11.5. The maximum atomic E-state index is 13.1. The first kappa shape index (κ1) is 128. The second-order valence-corrected chi connectivity index (χ2v) is 39.9. The van der Waals surface area contributed by atoms with Crippen LogP contribution in [0.1, 0.15) is 178 Å². The molecule has 0 bridgehead atoms. The summed E-state index contributed by atoms with van der Waals surface area (Å²) >= 11 is 0. The molecule has 0 aromatic rings. The van der Waals surface area contributed by atoms with E-state index in [4.69, 9.17) is 53.2 Å². The molecule has 0 aromatic heterocycles. The molecule has 7 rings (SSSR count). The third kappa shape index (κ3) is 42.1. The number of Topliss-reactive ketones (excluding diaryl/α,β-unsaturated/α-hetero) is 4. The molecular formula is C100H133Na2O34P3. The fraction of sp³-hybridized carbons (Fsp3) is 0.430. The van der Waals surface area contributed by atoms with Gasteiger partial charge < -0.3 is 100.0 Å². The molecule has 39 heteroatoms. The fourth-order valence-electron chi connectivity index (χ4n) is 14.5. The van der Waals surface area contributed by atoms with Crippen molar-refractivity contribution in [2.75, 3.05) is 19.8 Å². The van der Waals surface area contributed by atoms with E-state index in [1.807, 2.05) is 197 Å². The number of hydrogen-bond acceptors (Lipinski definition) is 29. The molecule has 139 heavy (non-hydrogen) atoms. The molecule has 754 valence electrons. The summed E-state index contributed by atoms with van der Waals surface area (Å²) in [6.07, 6.45) is 42.7. The second-order valence-electron chi connectivity index (χ2n) is 36.1. The minimum absolute atomic E-state index is 0. The van der Waals surface area contributed by atoms with Crippen LogP contribution in [-0.4, -0.2) is 197 Å². The number of carbonyl (C=O) groups excluding carboxylic acids is 7. The topological polar surface area (TPSA) is 585 Å². The number of allylic oxidation sites excluding steroid dienone is 40. The van der Waals surface area contributed by atoms with Gasteiger partial charge in [0.15, 0.2) is 47.2 Å². The van der Waals surface area contributed by atoms with Crippen LogP contribution in [0.3, 0.4) is 0 Å². The van der Waals surface area contributed by atoms with Crippen molar-refractivity contribution in [3.8, 4) is 0 Å². The Bertz CT molecular complexity index is 5350. The molecule has 0 aromatic carbocycles. The summed E-state index contributed by atoms with van der Waals surface area (Å²) < 4.78 is 66.8. The first-order valence-electron chi connectivity index (χ1n) is 43.3. The number of ether oxygens (including phenoxy) is 3. The van der Waals surface area contributed by atoms with Gasteiger partial charge in [-0.05, 0) is 189 Å². The number of aliphatic hydroxyl groups is 10. The Morgan fingerprint density at radius 3 is 0.906 bits per heavy atom. The van der Waals surface area contributed by atoms with Gasteiger partial charge in [0.05, 0.1) is 19.8 Å². The Labute approximate surface area is 857 Å². The molecule has 12 atom stereocenters. The molecular weight excluding hydrogens is 1880 g/mol. The van der Waals surface area contributed by atoms with E-state index in [0.29, 0.717) is 35.1 Å². The van der Waals surface area contributed by atoms with Crippen molar-refractivity contribution in [1.82, 2.24) is 0 Å². The van der Waals surface area contributed by atoms with Crippen molar-refractivity contribution in [1.29, 1.82) is 0 Å². The molecule has 3 aliphatic heterocycles. The number of cyclic esters (lactones) is 3. The van der Waals surface area contributed by atoms with Crippen molar-refractivity contribution >= 4 is 64.5 Å². The van der Waals surface area contributed by atoms with Gasteiger partial charge in [0.1, 0.15) is 54.2 Å². The van der Waals surface area contributed by atoms with Crippen LogP contribution in [0.5, 0.6) is 0 Å². The number of aliphatic hydroxyl groups excluding tert-OH is 10. The minimum Gasteiger partial charge on any atom is -0.865 e. The molecule has 4 aliphatic carbocycles. The van der Waals surface area contributed by atoms with Crippen LogP contribution in [0.25, 0.3) is 0 Å². The van der Waals surface area contributed by atoms with E-state index >= 15 is 0 Å². The predicted octanol–water partition coefficient (Wildman–Crippen LogP) is 7.62. The Morgan fingerprint density at radius 1 is 0.396 bits per heavy atom. The van der Waals surface area contributed by atoms with Crippen molar-refractivity contribution in [3.63, 3.8) is 0 Å². The molecule has 6 unspecified atom stereocenters. The molecule has 0 amide bonds.